The summed E-state index contributed by atoms with van der Waals surface area (Å²) in [5, 5.41) is 0.701. The normalized spacial score (nSPS) is 17.8. The van der Waals surface area contributed by atoms with Gasteiger partial charge in [-0.1, -0.05) is 11.6 Å². The monoisotopic (exact) mass is 283 g/mol. The standard InChI is InChI=1S/C14H22ClN3O/c1-19-10-2-5-17-6-8-18(9-7-17)12-14-4-3-13(15)11-16-14/h3-4,11H,2,5-10,12H2,1H3. The minimum absolute atomic E-state index is 0.701. The van der Waals surface area contributed by atoms with Gasteiger partial charge in [-0.05, 0) is 18.6 Å². The molecule has 1 aromatic rings. The lowest BCUT2D eigenvalue weighted by molar-refractivity contribution is 0.112. The van der Waals surface area contributed by atoms with E-state index in [0.717, 1.165) is 58.0 Å². The van der Waals surface area contributed by atoms with Crippen LogP contribution in [0.2, 0.25) is 5.02 Å². The van der Waals surface area contributed by atoms with E-state index in [-0.39, 0.29) is 0 Å². The van der Waals surface area contributed by atoms with Gasteiger partial charge in [0.15, 0.2) is 0 Å². The number of piperazine rings is 1. The molecule has 1 saturated heterocycles. The lowest BCUT2D eigenvalue weighted by atomic mass is 10.2. The molecule has 19 heavy (non-hydrogen) atoms. The molecule has 2 heterocycles. The maximum atomic E-state index is 5.84. The first-order chi connectivity index (χ1) is 9.28. The third-order valence-corrected chi connectivity index (χ3v) is 3.69. The van der Waals surface area contributed by atoms with Gasteiger partial charge in [0.25, 0.3) is 0 Å². The summed E-state index contributed by atoms with van der Waals surface area (Å²) in [7, 11) is 1.76. The number of hydrogen-bond donors (Lipinski definition) is 0. The van der Waals surface area contributed by atoms with Crippen LogP contribution in [0.4, 0.5) is 0 Å². The zero-order valence-corrected chi connectivity index (χ0v) is 12.3. The summed E-state index contributed by atoms with van der Waals surface area (Å²) in [6.45, 7) is 7.40. The summed E-state index contributed by atoms with van der Waals surface area (Å²) >= 11 is 5.84. The van der Waals surface area contributed by atoms with Crippen LogP contribution in [0, 0.1) is 0 Å². The van der Waals surface area contributed by atoms with Crippen LogP contribution in [0.15, 0.2) is 18.3 Å². The number of halogens is 1. The Balaban J connectivity index is 1.69. The van der Waals surface area contributed by atoms with Crippen LogP contribution in [0.3, 0.4) is 0 Å². The molecule has 2 rings (SSSR count). The lowest BCUT2D eigenvalue weighted by Crippen LogP contribution is -2.46. The second kappa shape index (κ2) is 7.80. The Morgan fingerprint density at radius 3 is 2.58 bits per heavy atom. The van der Waals surface area contributed by atoms with Crippen molar-refractivity contribution >= 4 is 11.6 Å². The Morgan fingerprint density at radius 1 is 1.21 bits per heavy atom. The molecule has 1 fully saturated rings. The van der Waals surface area contributed by atoms with Crippen molar-refractivity contribution in [2.75, 3.05) is 46.4 Å². The fourth-order valence-electron chi connectivity index (χ4n) is 2.33. The molecule has 0 aliphatic carbocycles. The first kappa shape index (κ1) is 14.7. The van der Waals surface area contributed by atoms with Gasteiger partial charge in [0.05, 0.1) is 10.7 Å². The minimum atomic E-state index is 0.701. The van der Waals surface area contributed by atoms with Gasteiger partial charge >= 0.3 is 0 Å². The SMILES string of the molecule is COCCCN1CCN(Cc2ccc(Cl)cn2)CC1. The Labute approximate surface area is 120 Å². The van der Waals surface area contributed by atoms with Gasteiger partial charge in [0.2, 0.25) is 0 Å². The highest BCUT2D eigenvalue weighted by Crippen LogP contribution is 2.10. The van der Waals surface area contributed by atoms with Crippen molar-refractivity contribution in [3.63, 3.8) is 0 Å². The maximum Gasteiger partial charge on any atom is 0.0589 e. The maximum absolute atomic E-state index is 5.84. The summed E-state index contributed by atoms with van der Waals surface area (Å²) in [4.78, 5) is 9.30. The predicted octanol–water partition coefficient (Wildman–Crippen LogP) is 1.89. The molecule has 0 radical (unpaired) electrons. The summed E-state index contributed by atoms with van der Waals surface area (Å²) in [6, 6.07) is 3.91. The highest BCUT2D eigenvalue weighted by Gasteiger charge is 2.16. The molecule has 1 aliphatic heterocycles. The van der Waals surface area contributed by atoms with Crippen LogP contribution in [0.25, 0.3) is 0 Å². The van der Waals surface area contributed by atoms with Crippen LogP contribution >= 0.6 is 11.6 Å². The van der Waals surface area contributed by atoms with E-state index in [1.807, 2.05) is 12.1 Å². The van der Waals surface area contributed by atoms with Crippen molar-refractivity contribution in [1.82, 2.24) is 14.8 Å². The van der Waals surface area contributed by atoms with Crippen molar-refractivity contribution in [2.24, 2.45) is 0 Å². The third-order valence-electron chi connectivity index (χ3n) is 3.46. The highest BCUT2D eigenvalue weighted by molar-refractivity contribution is 6.30. The van der Waals surface area contributed by atoms with E-state index in [2.05, 4.69) is 14.8 Å². The van der Waals surface area contributed by atoms with Crippen molar-refractivity contribution < 1.29 is 4.74 Å². The molecule has 0 amide bonds. The molecule has 0 spiro atoms. The van der Waals surface area contributed by atoms with Crippen LogP contribution < -0.4 is 0 Å². The Kier molecular flexibility index (Phi) is 6.04. The van der Waals surface area contributed by atoms with E-state index in [0.29, 0.717) is 5.02 Å². The smallest absolute Gasteiger partial charge is 0.0589 e. The van der Waals surface area contributed by atoms with Gasteiger partial charge in [-0.25, -0.2) is 0 Å². The molecule has 0 bridgehead atoms. The molecule has 106 valence electrons. The molecule has 0 N–H and O–H groups in total. The Morgan fingerprint density at radius 2 is 1.95 bits per heavy atom. The van der Waals surface area contributed by atoms with E-state index in [1.54, 1.807) is 13.3 Å². The van der Waals surface area contributed by atoms with Crippen LogP contribution in [-0.4, -0.2) is 61.2 Å². The second-order valence-corrected chi connectivity index (χ2v) is 5.37. The van der Waals surface area contributed by atoms with Gasteiger partial charge in [0, 0.05) is 59.2 Å². The van der Waals surface area contributed by atoms with Crippen LogP contribution in [-0.2, 0) is 11.3 Å². The molecule has 0 atom stereocenters. The average molecular weight is 284 g/mol. The van der Waals surface area contributed by atoms with Gasteiger partial charge in [0.1, 0.15) is 0 Å². The number of methoxy groups -OCH3 is 1. The molecular weight excluding hydrogens is 262 g/mol. The molecule has 0 saturated carbocycles. The van der Waals surface area contributed by atoms with E-state index in [9.17, 15) is 0 Å². The molecule has 5 heteroatoms. The van der Waals surface area contributed by atoms with E-state index >= 15 is 0 Å². The quantitative estimate of drug-likeness (QED) is 0.746. The van der Waals surface area contributed by atoms with E-state index in [4.69, 9.17) is 16.3 Å². The summed E-state index contributed by atoms with van der Waals surface area (Å²) in [5.74, 6) is 0. The predicted molar refractivity (Wildman–Crippen MR) is 77.5 cm³/mol. The topological polar surface area (TPSA) is 28.6 Å². The fraction of sp³-hybridized carbons (Fsp3) is 0.643. The van der Waals surface area contributed by atoms with Gasteiger partial charge in [-0.3, -0.25) is 9.88 Å². The largest absolute Gasteiger partial charge is 0.385 e. The summed E-state index contributed by atoms with van der Waals surface area (Å²) in [6.07, 6.45) is 2.84. The van der Waals surface area contributed by atoms with Crippen molar-refractivity contribution in [3.8, 4) is 0 Å². The first-order valence-corrected chi connectivity index (χ1v) is 7.20. The molecule has 0 aromatic carbocycles. The van der Waals surface area contributed by atoms with Crippen molar-refractivity contribution in [1.29, 1.82) is 0 Å². The molecular formula is C14H22ClN3O. The number of ether oxygens (including phenoxy) is 1. The number of nitrogens with zero attached hydrogens (tertiary/aromatic N) is 3. The van der Waals surface area contributed by atoms with Gasteiger partial charge in [-0.15, -0.1) is 0 Å². The van der Waals surface area contributed by atoms with Gasteiger partial charge < -0.3 is 9.64 Å². The molecule has 0 unspecified atom stereocenters. The molecule has 1 aromatic heterocycles. The Bertz CT molecular complexity index is 363. The second-order valence-electron chi connectivity index (χ2n) is 4.93. The number of aromatic nitrogens is 1. The zero-order valence-electron chi connectivity index (χ0n) is 11.5. The molecule has 1 aliphatic rings. The number of hydrogen-bond acceptors (Lipinski definition) is 4. The van der Waals surface area contributed by atoms with Crippen LogP contribution in [0.5, 0.6) is 0 Å². The summed E-state index contributed by atoms with van der Waals surface area (Å²) in [5.41, 5.74) is 1.09. The minimum Gasteiger partial charge on any atom is -0.385 e. The lowest BCUT2D eigenvalue weighted by Gasteiger charge is -2.34. The Hall–Kier alpha value is -0.680. The van der Waals surface area contributed by atoms with E-state index in [1.165, 1.54) is 0 Å². The first-order valence-electron chi connectivity index (χ1n) is 6.82. The fourth-order valence-corrected chi connectivity index (χ4v) is 2.44. The number of rotatable bonds is 6. The molecule has 4 nitrogen and oxygen atoms in total. The van der Waals surface area contributed by atoms with E-state index < -0.39 is 0 Å². The third kappa shape index (κ3) is 5.07. The number of pyridine rings is 1. The summed E-state index contributed by atoms with van der Waals surface area (Å²) < 4.78 is 5.09. The van der Waals surface area contributed by atoms with Gasteiger partial charge in [-0.2, -0.15) is 0 Å². The van der Waals surface area contributed by atoms with Crippen molar-refractivity contribution in [3.05, 3.63) is 29.0 Å². The average Bonchev–Trinajstić information content (AvgIpc) is 2.44. The zero-order chi connectivity index (χ0) is 13.5. The van der Waals surface area contributed by atoms with Crippen molar-refractivity contribution in [2.45, 2.75) is 13.0 Å². The van der Waals surface area contributed by atoms with Crippen LogP contribution in [0.1, 0.15) is 12.1 Å². The highest BCUT2D eigenvalue weighted by atomic mass is 35.5.